The minimum atomic E-state index is -0.0972. The normalized spacial score (nSPS) is 23.1. The van der Waals surface area contributed by atoms with Crippen LogP contribution in [-0.2, 0) is 4.79 Å². The van der Waals surface area contributed by atoms with Crippen LogP contribution < -0.4 is 5.73 Å². The third kappa shape index (κ3) is 1.97. The molecular formula is C8H15NOS. The van der Waals surface area contributed by atoms with Crippen molar-refractivity contribution >= 4 is 17.5 Å². The molecule has 2 N–H and O–H groups in total. The van der Waals surface area contributed by atoms with Crippen LogP contribution in [-0.4, -0.2) is 23.8 Å². The second-order valence-corrected chi connectivity index (χ2v) is 4.53. The number of hydrogen-bond donors (Lipinski definition) is 1. The molecule has 1 rings (SSSR count). The summed E-state index contributed by atoms with van der Waals surface area (Å²) in [5, 5.41) is 0. The molecule has 0 spiro atoms. The Labute approximate surface area is 71.9 Å². The van der Waals surface area contributed by atoms with Gasteiger partial charge in [0.2, 0.25) is 0 Å². The number of nitrogens with two attached hydrogens (primary N) is 1. The number of carbonyl (C=O) groups excluding carboxylic acids is 1. The fourth-order valence-corrected chi connectivity index (χ4v) is 2.74. The van der Waals surface area contributed by atoms with Crippen molar-refractivity contribution < 1.29 is 4.79 Å². The molecule has 0 amide bonds. The summed E-state index contributed by atoms with van der Waals surface area (Å²) >= 11 is 1.93. The number of rotatable bonds is 2. The molecule has 0 bridgehead atoms. The van der Waals surface area contributed by atoms with Crippen molar-refractivity contribution in [1.29, 1.82) is 0 Å². The van der Waals surface area contributed by atoms with E-state index in [-0.39, 0.29) is 17.7 Å². The molecule has 1 saturated heterocycles. The Morgan fingerprint density at radius 3 is 2.55 bits per heavy atom. The Hall–Kier alpha value is -0.0200. The quantitative estimate of drug-likeness (QED) is 0.678. The smallest absolute Gasteiger partial charge is 0.152 e. The molecule has 64 valence electrons. The zero-order valence-corrected chi connectivity index (χ0v) is 7.75. The van der Waals surface area contributed by atoms with E-state index in [0.717, 1.165) is 24.3 Å². The maximum Gasteiger partial charge on any atom is 0.152 e. The first-order chi connectivity index (χ1) is 5.19. The molecule has 0 unspecified atom stereocenters. The molecule has 0 atom stereocenters. The number of thioether (sulfide) groups is 1. The van der Waals surface area contributed by atoms with E-state index in [2.05, 4.69) is 0 Å². The van der Waals surface area contributed by atoms with Gasteiger partial charge in [0.1, 0.15) is 0 Å². The SMILES string of the molecule is CC1(C(=O)CN)CCSCC1. The molecule has 0 aromatic heterocycles. The van der Waals surface area contributed by atoms with E-state index in [0.29, 0.717) is 0 Å². The molecule has 1 aliphatic heterocycles. The highest BCUT2D eigenvalue weighted by Gasteiger charge is 2.33. The van der Waals surface area contributed by atoms with Crippen LogP contribution in [0, 0.1) is 5.41 Å². The van der Waals surface area contributed by atoms with E-state index in [1.807, 2.05) is 18.7 Å². The number of ketones is 1. The van der Waals surface area contributed by atoms with Gasteiger partial charge in [-0.15, -0.1) is 0 Å². The minimum absolute atomic E-state index is 0.0972. The molecule has 0 radical (unpaired) electrons. The first-order valence-corrected chi connectivity index (χ1v) is 5.16. The average molecular weight is 173 g/mol. The third-order valence-electron chi connectivity index (χ3n) is 2.45. The monoisotopic (exact) mass is 173 g/mol. The van der Waals surface area contributed by atoms with Crippen molar-refractivity contribution in [2.75, 3.05) is 18.1 Å². The summed E-state index contributed by atoms with van der Waals surface area (Å²) in [6, 6.07) is 0. The topological polar surface area (TPSA) is 43.1 Å². The first-order valence-electron chi connectivity index (χ1n) is 4.00. The van der Waals surface area contributed by atoms with Gasteiger partial charge in [0.05, 0.1) is 6.54 Å². The van der Waals surface area contributed by atoms with Gasteiger partial charge in [-0.2, -0.15) is 11.8 Å². The van der Waals surface area contributed by atoms with Crippen LogP contribution in [0.25, 0.3) is 0 Å². The van der Waals surface area contributed by atoms with Gasteiger partial charge in [0.15, 0.2) is 5.78 Å². The van der Waals surface area contributed by atoms with E-state index < -0.39 is 0 Å². The third-order valence-corrected chi connectivity index (χ3v) is 3.44. The minimum Gasteiger partial charge on any atom is -0.324 e. The van der Waals surface area contributed by atoms with Gasteiger partial charge in [-0.25, -0.2) is 0 Å². The fourth-order valence-electron chi connectivity index (χ4n) is 1.35. The fraction of sp³-hybridized carbons (Fsp3) is 0.875. The van der Waals surface area contributed by atoms with E-state index in [1.165, 1.54) is 0 Å². The van der Waals surface area contributed by atoms with Crippen molar-refractivity contribution in [1.82, 2.24) is 0 Å². The van der Waals surface area contributed by atoms with Crippen LogP contribution in [0.1, 0.15) is 19.8 Å². The molecule has 0 aliphatic carbocycles. The van der Waals surface area contributed by atoms with Crippen LogP contribution >= 0.6 is 11.8 Å². The maximum absolute atomic E-state index is 11.4. The predicted octanol–water partition coefficient (Wildman–Crippen LogP) is 1.05. The summed E-state index contributed by atoms with van der Waals surface area (Å²) in [6.45, 7) is 2.25. The first kappa shape index (κ1) is 9.07. The lowest BCUT2D eigenvalue weighted by atomic mass is 9.80. The average Bonchev–Trinajstić information content (AvgIpc) is 2.04. The molecule has 1 heterocycles. The molecule has 0 saturated carbocycles. The predicted molar refractivity (Wildman–Crippen MR) is 48.7 cm³/mol. The summed E-state index contributed by atoms with van der Waals surface area (Å²) in [6.07, 6.45) is 2.02. The molecule has 0 aromatic rings. The lowest BCUT2D eigenvalue weighted by molar-refractivity contribution is -0.126. The van der Waals surface area contributed by atoms with Crippen molar-refractivity contribution in [3.8, 4) is 0 Å². The maximum atomic E-state index is 11.4. The number of carbonyl (C=O) groups is 1. The van der Waals surface area contributed by atoms with E-state index in [4.69, 9.17) is 5.73 Å². The van der Waals surface area contributed by atoms with Crippen LogP contribution in [0.15, 0.2) is 0 Å². The van der Waals surface area contributed by atoms with Gasteiger partial charge in [-0.1, -0.05) is 6.92 Å². The van der Waals surface area contributed by atoms with Crippen molar-refractivity contribution in [2.24, 2.45) is 11.1 Å². The number of Topliss-reactive ketones (excluding diaryl/α,β-unsaturated/α-hetero) is 1. The van der Waals surface area contributed by atoms with Gasteiger partial charge in [0, 0.05) is 5.41 Å². The zero-order valence-electron chi connectivity index (χ0n) is 6.93. The van der Waals surface area contributed by atoms with E-state index in [9.17, 15) is 4.79 Å². The highest BCUT2D eigenvalue weighted by Crippen LogP contribution is 2.34. The second-order valence-electron chi connectivity index (χ2n) is 3.30. The van der Waals surface area contributed by atoms with Gasteiger partial charge in [0.25, 0.3) is 0 Å². The van der Waals surface area contributed by atoms with Crippen molar-refractivity contribution in [3.05, 3.63) is 0 Å². The lowest BCUT2D eigenvalue weighted by Gasteiger charge is -2.31. The second kappa shape index (κ2) is 3.59. The van der Waals surface area contributed by atoms with Crippen molar-refractivity contribution in [3.63, 3.8) is 0 Å². The van der Waals surface area contributed by atoms with Gasteiger partial charge in [-0.05, 0) is 24.3 Å². The Morgan fingerprint density at radius 1 is 1.55 bits per heavy atom. The molecule has 1 aliphatic rings. The van der Waals surface area contributed by atoms with Crippen LogP contribution in [0.3, 0.4) is 0 Å². The summed E-state index contributed by atoms with van der Waals surface area (Å²) in [5.41, 5.74) is 5.23. The summed E-state index contributed by atoms with van der Waals surface area (Å²) in [4.78, 5) is 11.4. The molecule has 2 nitrogen and oxygen atoms in total. The molecular weight excluding hydrogens is 158 g/mol. The van der Waals surface area contributed by atoms with E-state index >= 15 is 0 Å². The zero-order chi connectivity index (χ0) is 8.32. The Balaban J connectivity index is 2.56. The van der Waals surface area contributed by atoms with Crippen LogP contribution in [0.2, 0.25) is 0 Å². The van der Waals surface area contributed by atoms with Crippen molar-refractivity contribution in [2.45, 2.75) is 19.8 Å². The highest BCUT2D eigenvalue weighted by atomic mass is 32.2. The highest BCUT2D eigenvalue weighted by molar-refractivity contribution is 7.99. The van der Waals surface area contributed by atoms with E-state index in [1.54, 1.807) is 0 Å². The van der Waals surface area contributed by atoms with Gasteiger partial charge in [-0.3, -0.25) is 4.79 Å². The summed E-state index contributed by atoms with van der Waals surface area (Å²) < 4.78 is 0. The van der Waals surface area contributed by atoms with Gasteiger partial charge < -0.3 is 5.73 Å². The molecule has 0 aromatic carbocycles. The molecule has 3 heteroatoms. The summed E-state index contributed by atoms with van der Waals surface area (Å²) in [5.74, 6) is 2.46. The molecule has 1 fully saturated rings. The summed E-state index contributed by atoms with van der Waals surface area (Å²) in [7, 11) is 0. The standard InChI is InChI=1S/C8H15NOS/c1-8(7(10)6-9)2-4-11-5-3-8/h2-6,9H2,1H3. The largest absolute Gasteiger partial charge is 0.324 e. The Morgan fingerprint density at radius 2 is 2.09 bits per heavy atom. The number of hydrogen-bond acceptors (Lipinski definition) is 3. The Kier molecular flexibility index (Phi) is 2.96. The van der Waals surface area contributed by atoms with Crippen LogP contribution in [0.4, 0.5) is 0 Å². The van der Waals surface area contributed by atoms with Gasteiger partial charge >= 0.3 is 0 Å². The molecule has 11 heavy (non-hydrogen) atoms. The van der Waals surface area contributed by atoms with Crippen LogP contribution in [0.5, 0.6) is 0 Å². The Bertz CT molecular complexity index is 152. The lowest BCUT2D eigenvalue weighted by Crippen LogP contribution is -2.36.